The topological polar surface area (TPSA) is 63.9 Å². The quantitative estimate of drug-likeness (QED) is 0.784. The van der Waals surface area contributed by atoms with Gasteiger partial charge in [0.15, 0.2) is 5.82 Å². The van der Waals surface area contributed by atoms with Gasteiger partial charge in [0.05, 0.1) is 0 Å². The zero-order valence-electron chi connectivity index (χ0n) is 12.2. The molecule has 114 valence electrons. The molecule has 1 fully saturated rings. The summed E-state index contributed by atoms with van der Waals surface area (Å²) in [5.74, 6) is 1.35. The molecule has 22 heavy (non-hydrogen) atoms. The Morgan fingerprint density at radius 1 is 1.45 bits per heavy atom. The number of fused-ring (bicyclic) bond motifs is 1. The number of halogens is 1. The molecule has 0 radical (unpaired) electrons. The Balaban J connectivity index is 1.60. The fraction of sp³-hybridized carbons (Fsp3) is 0.375. The van der Waals surface area contributed by atoms with Crippen molar-refractivity contribution < 1.29 is 13.7 Å². The zero-order valence-corrected chi connectivity index (χ0v) is 12.2. The Morgan fingerprint density at radius 2 is 2.32 bits per heavy atom. The smallest absolute Gasteiger partial charge is 0.256 e. The van der Waals surface area contributed by atoms with Crippen LogP contribution in [0.4, 0.5) is 4.39 Å². The van der Waals surface area contributed by atoms with Gasteiger partial charge >= 0.3 is 0 Å². The molecule has 5 nitrogen and oxygen atoms in total. The first-order valence-electron chi connectivity index (χ1n) is 7.35. The third kappa shape index (κ3) is 2.39. The van der Waals surface area contributed by atoms with Crippen LogP contribution in [0.2, 0.25) is 0 Å². The molecule has 3 aromatic rings. The Labute approximate surface area is 126 Å². The van der Waals surface area contributed by atoms with E-state index in [2.05, 4.69) is 15.1 Å². The Kier molecular flexibility index (Phi) is 3.18. The number of nitrogens with one attached hydrogen (secondary N) is 1. The number of aromatic amines is 1. The van der Waals surface area contributed by atoms with Gasteiger partial charge in [-0.3, -0.25) is 0 Å². The molecule has 0 bridgehead atoms. The van der Waals surface area contributed by atoms with Crippen molar-refractivity contribution in [3.8, 4) is 0 Å². The van der Waals surface area contributed by atoms with Crippen LogP contribution in [0.15, 0.2) is 28.9 Å². The lowest BCUT2D eigenvalue weighted by Gasteiger charge is -2.07. The molecule has 1 saturated carbocycles. The lowest BCUT2D eigenvalue weighted by atomic mass is 10.1. The summed E-state index contributed by atoms with van der Waals surface area (Å²) in [5.41, 5.74) is 1.84. The van der Waals surface area contributed by atoms with Gasteiger partial charge in [0.1, 0.15) is 11.9 Å². The molecule has 0 amide bonds. The summed E-state index contributed by atoms with van der Waals surface area (Å²) in [6.07, 6.45) is 4.51. The fourth-order valence-corrected chi connectivity index (χ4v) is 2.82. The Bertz CT molecular complexity index is 807. The minimum Gasteiger partial charge on any atom is -0.371 e. The predicted molar refractivity (Wildman–Crippen MR) is 77.8 cm³/mol. The monoisotopic (exact) mass is 301 g/mol. The summed E-state index contributed by atoms with van der Waals surface area (Å²) >= 11 is 0. The van der Waals surface area contributed by atoms with Crippen LogP contribution in [0.3, 0.4) is 0 Å². The number of H-pyrrole nitrogens is 1. The Morgan fingerprint density at radius 3 is 3.09 bits per heavy atom. The molecular weight excluding hydrogens is 285 g/mol. The van der Waals surface area contributed by atoms with E-state index in [1.54, 1.807) is 13.2 Å². The van der Waals surface area contributed by atoms with Crippen LogP contribution in [-0.4, -0.2) is 22.2 Å². The van der Waals surface area contributed by atoms with E-state index < -0.39 is 0 Å². The SMILES string of the molecule is COC(c1nc(Cc2c[nH]c3ccc(F)cc23)no1)C1CC1. The highest BCUT2D eigenvalue weighted by molar-refractivity contribution is 5.83. The molecule has 1 unspecified atom stereocenters. The average molecular weight is 301 g/mol. The van der Waals surface area contributed by atoms with Gasteiger partial charge in [-0.2, -0.15) is 4.98 Å². The van der Waals surface area contributed by atoms with Crippen molar-refractivity contribution in [1.82, 2.24) is 15.1 Å². The van der Waals surface area contributed by atoms with E-state index in [9.17, 15) is 4.39 Å². The maximum atomic E-state index is 13.4. The third-order valence-corrected chi connectivity index (χ3v) is 4.11. The van der Waals surface area contributed by atoms with Crippen molar-refractivity contribution in [2.24, 2.45) is 5.92 Å². The van der Waals surface area contributed by atoms with E-state index in [0.717, 1.165) is 29.3 Å². The van der Waals surface area contributed by atoms with E-state index in [-0.39, 0.29) is 11.9 Å². The van der Waals surface area contributed by atoms with Gasteiger partial charge in [-0.25, -0.2) is 4.39 Å². The van der Waals surface area contributed by atoms with E-state index in [4.69, 9.17) is 9.26 Å². The standard InChI is InChI=1S/C16H16FN3O2/c1-21-15(9-2-3-9)16-19-14(20-22-16)6-10-8-18-13-5-4-11(17)7-12(10)13/h4-5,7-9,15,18H,2-3,6H2,1H3. The molecule has 0 saturated heterocycles. The number of hydrogen-bond acceptors (Lipinski definition) is 4. The number of hydrogen-bond donors (Lipinski definition) is 1. The summed E-state index contributed by atoms with van der Waals surface area (Å²) in [6.45, 7) is 0. The molecular formula is C16H16FN3O2. The number of ether oxygens (including phenoxy) is 1. The van der Waals surface area contributed by atoms with Crippen LogP contribution in [0.5, 0.6) is 0 Å². The molecule has 1 aromatic carbocycles. The highest BCUT2D eigenvalue weighted by Crippen LogP contribution is 2.42. The minimum atomic E-state index is -0.254. The maximum absolute atomic E-state index is 13.4. The van der Waals surface area contributed by atoms with Crippen molar-refractivity contribution in [1.29, 1.82) is 0 Å². The average Bonchev–Trinajstić information content (AvgIpc) is 3.12. The summed E-state index contributed by atoms with van der Waals surface area (Å²) in [5, 5.41) is 4.87. The van der Waals surface area contributed by atoms with Gasteiger partial charge in [-0.1, -0.05) is 5.16 Å². The molecule has 6 heteroatoms. The summed E-state index contributed by atoms with van der Waals surface area (Å²) in [6, 6.07) is 4.68. The molecule has 2 heterocycles. The van der Waals surface area contributed by atoms with Gasteiger partial charge in [0, 0.05) is 30.6 Å². The van der Waals surface area contributed by atoms with E-state index in [1.165, 1.54) is 12.1 Å². The number of rotatable bonds is 5. The van der Waals surface area contributed by atoms with Gasteiger partial charge in [-0.15, -0.1) is 0 Å². The van der Waals surface area contributed by atoms with Gasteiger partial charge in [0.2, 0.25) is 0 Å². The summed E-state index contributed by atoms with van der Waals surface area (Å²) in [4.78, 5) is 7.56. The molecule has 0 spiro atoms. The maximum Gasteiger partial charge on any atom is 0.256 e. The first-order valence-corrected chi connectivity index (χ1v) is 7.35. The van der Waals surface area contributed by atoms with Crippen molar-refractivity contribution >= 4 is 10.9 Å². The summed E-state index contributed by atoms with van der Waals surface area (Å²) in [7, 11) is 1.66. The van der Waals surface area contributed by atoms with Crippen LogP contribution in [0, 0.1) is 11.7 Å². The molecule has 1 aliphatic carbocycles. The van der Waals surface area contributed by atoms with Crippen LogP contribution in [0.25, 0.3) is 10.9 Å². The van der Waals surface area contributed by atoms with Crippen molar-refractivity contribution in [3.63, 3.8) is 0 Å². The molecule has 0 aliphatic heterocycles. The highest BCUT2D eigenvalue weighted by Gasteiger charge is 2.36. The fourth-order valence-electron chi connectivity index (χ4n) is 2.82. The number of benzene rings is 1. The van der Waals surface area contributed by atoms with Crippen LogP contribution >= 0.6 is 0 Å². The first-order chi connectivity index (χ1) is 10.7. The van der Waals surface area contributed by atoms with Gasteiger partial charge < -0.3 is 14.2 Å². The van der Waals surface area contributed by atoms with Gasteiger partial charge in [0.25, 0.3) is 5.89 Å². The first kappa shape index (κ1) is 13.5. The highest BCUT2D eigenvalue weighted by atomic mass is 19.1. The molecule has 4 rings (SSSR count). The molecule has 2 aromatic heterocycles. The van der Waals surface area contributed by atoms with Crippen molar-refractivity contribution in [2.75, 3.05) is 7.11 Å². The second kappa shape index (κ2) is 5.21. The number of methoxy groups -OCH3 is 1. The van der Waals surface area contributed by atoms with E-state index in [0.29, 0.717) is 24.1 Å². The van der Waals surface area contributed by atoms with Crippen LogP contribution < -0.4 is 0 Å². The number of aromatic nitrogens is 3. The lowest BCUT2D eigenvalue weighted by molar-refractivity contribution is 0.0561. The van der Waals surface area contributed by atoms with Crippen LogP contribution in [0.1, 0.15) is 36.2 Å². The molecule has 1 atom stereocenters. The van der Waals surface area contributed by atoms with Crippen LogP contribution in [-0.2, 0) is 11.2 Å². The zero-order chi connectivity index (χ0) is 15.1. The Hall–Kier alpha value is -2.21. The minimum absolute atomic E-state index is 0.110. The summed E-state index contributed by atoms with van der Waals surface area (Å²) < 4.78 is 24.2. The molecule has 1 N–H and O–H groups in total. The van der Waals surface area contributed by atoms with E-state index in [1.807, 2.05) is 6.20 Å². The van der Waals surface area contributed by atoms with Gasteiger partial charge in [-0.05, 0) is 42.5 Å². The second-order valence-electron chi connectivity index (χ2n) is 5.72. The largest absolute Gasteiger partial charge is 0.371 e. The predicted octanol–water partition coefficient (Wildman–Crippen LogP) is 3.38. The number of nitrogens with zero attached hydrogens (tertiary/aromatic N) is 2. The normalized spacial score (nSPS) is 16.3. The van der Waals surface area contributed by atoms with Crippen molar-refractivity contribution in [3.05, 3.63) is 47.5 Å². The lowest BCUT2D eigenvalue weighted by Crippen LogP contribution is -2.04. The van der Waals surface area contributed by atoms with E-state index >= 15 is 0 Å². The molecule has 1 aliphatic rings. The third-order valence-electron chi connectivity index (χ3n) is 4.11. The van der Waals surface area contributed by atoms with Crippen molar-refractivity contribution in [2.45, 2.75) is 25.4 Å². The second-order valence-corrected chi connectivity index (χ2v) is 5.72.